The predicted octanol–water partition coefficient (Wildman–Crippen LogP) is 4.94. The van der Waals surface area contributed by atoms with Gasteiger partial charge in [0.1, 0.15) is 5.82 Å². The number of nitrogens with one attached hydrogen (secondary N) is 1. The van der Waals surface area contributed by atoms with Crippen molar-refractivity contribution in [3.8, 4) is 0 Å². The largest absolute Gasteiger partial charge is 0.300 e. The van der Waals surface area contributed by atoms with Crippen molar-refractivity contribution < 1.29 is 4.79 Å². The third kappa shape index (κ3) is 4.21. The van der Waals surface area contributed by atoms with Crippen LogP contribution in [0, 0.1) is 34.6 Å². The van der Waals surface area contributed by atoms with E-state index >= 15 is 0 Å². The zero-order chi connectivity index (χ0) is 24.9. The Morgan fingerprint density at radius 3 is 2.40 bits per heavy atom. The van der Waals surface area contributed by atoms with Crippen LogP contribution in [0.1, 0.15) is 33.9 Å². The van der Waals surface area contributed by atoms with Crippen molar-refractivity contribution in [1.29, 1.82) is 0 Å². The van der Waals surface area contributed by atoms with Gasteiger partial charge in [0.25, 0.3) is 11.5 Å². The molecule has 1 fully saturated rings. The summed E-state index contributed by atoms with van der Waals surface area (Å²) in [7, 11) is 0. The molecule has 5 rings (SSSR count). The van der Waals surface area contributed by atoms with Crippen molar-refractivity contribution in [1.82, 2.24) is 19.7 Å². The minimum atomic E-state index is -0.191. The molecule has 0 unspecified atom stereocenters. The number of aliphatic imine (C=N–C) groups is 1. The maximum absolute atomic E-state index is 13.3. The average molecular weight is 484 g/mol. The second kappa shape index (κ2) is 8.70. The monoisotopic (exact) mass is 483 g/mol. The van der Waals surface area contributed by atoms with E-state index in [9.17, 15) is 9.59 Å². The highest BCUT2D eigenvalue weighted by atomic mass is 32.2. The molecule has 0 saturated carbocycles. The highest BCUT2D eigenvalue weighted by Gasteiger charge is 2.25. The number of hydrogen-bond donors (Lipinski definition) is 1. The molecular weight excluding hydrogens is 458 g/mol. The van der Waals surface area contributed by atoms with Gasteiger partial charge in [-0.3, -0.25) is 14.3 Å². The molecule has 35 heavy (non-hydrogen) atoms. The number of carbonyl (C=O) groups excluding carboxylic acids is 1. The molecular formula is C27H25N5O2S. The van der Waals surface area contributed by atoms with E-state index in [0.717, 1.165) is 33.8 Å². The molecule has 4 aromatic rings. The number of thioether (sulfide) groups is 1. The van der Waals surface area contributed by atoms with Crippen molar-refractivity contribution >= 4 is 45.5 Å². The third-order valence-electron chi connectivity index (χ3n) is 5.92. The molecule has 176 valence electrons. The average Bonchev–Trinajstić information content (AvgIpc) is 3.26. The Kier molecular flexibility index (Phi) is 5.68. The number of amides is 1. The zero-order valence-corrected chi connectivity index (χ0v) is 21.0. The van der Waals surface area contributed by atoms with E-state index in [2.05, 4.69) is 21.4 Å². The van der Waals surface area contributed by atoms with Crippen LogP contribution in [0.4, 0.5) is 5.69 Å². The van der Waals surface area contributed by atoms with Gasteiger partial charge >= 0.3 is 0 Å². The number of amidine groups is 1. The summed E-state index contributed by atoms with van der Waals surface area (Å²) in [5.41, 5.74) is 6.15. The Balaban J connectivity index is 1.53. The van der Waals surface area contributed by atoms with Crippen LogP contribution in [-0.4, -0.2) is 25.4 Å². The smallest absolute Gasteiger partial charge is 0.280 e. The van der Waals surface area contributed by atoms with Gasteiger partial charge in [-0.25, -0.2) is 9.98 Å². The summed E-state index contributed by atoms with van der Waals surface area (Å²) >= 11 is 1.31. The van der Waals surface area contributed by atoms with Gasteiger partial charge in [-0.15, -0.1) is 0 Å². The SMILES string of the molecule is Cc1cc(C)cc(N=C2NC(=O)C(=Cc3cc(C)n(-n4c(C)nc5ccccc5c4=O)c3C)S2)c1. The molecule has 0 atom stereocenters. The van der Waals surface area contributed by atoms with Crippen LogP contribution < -0.4 is 10.9 Å². The van der Waals surface area contributed by atoms with Crippen molar-refractivity contribution in [2.75, 3.05) is 0 Å². The fourth-order valence-electron chi connectivity index (χ4n) is 4.46. The summed E-state index contributed by atoms with van der Waals surface area (Å²) in [6, 6.07) is 15.4. The fourth-order valence-corrected chi connectivity index (χ4v) is 5.29. The Morgan fingerprint density at radius 1 is 0.943 bits per heavy atom. The van der Waals surface area contributed by atoms with E-state index in [0.29, 0.717) is 26.8 Å². The normalized spacial score (nSPS) is 16.0. The lowest BCUT2D eigenvalue weighted by Gasteiger charge is -2.16. The summed E-state index contributed by atoms with van der Waals surface area (Å²) in [6.45, 7) is 9.74. The molecule has 2 aromatic heterocycles. The summed E-state index contributed by atoms with van der Waals surface area (Å²) in [5, 5.41) is 3.96. The maximum Gasteiger partial charge on any atom is 0.280 e. The van der Waals surface area contributed by atoms with E-state index < -0.39 is 0 Å². The number of aryl methyl sites for hydroxylation is 4. The van der Waals surface area contributed by atoms with Gasteiger partial charge in [0.15, 0.2) is 5.17 Å². The standard InChI is InChI=1S/C27H25N5O2S/c1-15-10-16(2)12-21(11-15)29-27-30-25(33)24(35-27)14-20-13-17(3)31(18(20)4)32-19(5)28-23-9-7-6-8-22(23)26(32)34/h6-14H,1-5H3,(H,29,30,33). The van der Waals surface area contributed by atoms with Crippen LogP contribution >= 0.6 is 11.8 Å². The van der Waals surface area contributed by atoms with Gasteiger partial charge in [0.05, 0.1) is 21.5 Å². The summed E-state index contributed by atoms with van der Waals surface area (Å²) in [6.07, 6.45) is 1.84. The highest BCUT2D eigenvalue weighted by Crippen LogP contribution is 2.30. The molecule has 0 aliphatic carbocycles. The Hall–Kier alpha value is -3.91. The number of nitrogens with zero attached hydrogens (tertiary/aromatic N) is 4. The van der Waals surface area contributed by atoms with Crippen LogP contribution in [0.2, 0.25) is 0 Å². The van der Waals surface area contributed by atoms with Gasteiger partial charge < -0.3 is 5.32 Å². The lowest BCUT2D eigenvalue weighted by Crippen LogP contribution is -2.30. The summed E-state index contributed by atoms with van der Waals surface area (Å²) in [4.78, 5) is 35.8. The number of aromatic nitrogens is 3. The summed E-state index contributed by atoms with van der Waals surface area (Å²) < 4.78 is 3.44. The third-order valence-corrected chi connectivity index (χ3v) is 6.83. The molecule has 0 radical (unpaired) electrons. The van der Waals surface area contributed by atoms with Gasteiger partial charge in [-0.2, -0.15) is 4.68 Å². The van der Waals surface area contributed by atoms with Gasteiger partial charge in [0.2, 0.25) is 0 Å². The van der Waals surface area contributed by atoms with E-state index in [-0.39, 0.29) is 11.5 Å². The fraction of sp³-hybridized carbons (Fsp3) is 0.185. The molecule has 1 aliphatic heterocycles. The van der Waals surface area contributed by atoms with Crippen LogP contribution in [0.3, 0.4) is 0 Å². The molecule has 1 N–H and O–H groups in total. The van der Waals surface area contributed by atoms with Gasteiger partial charge in [-0.05, 0) is 99.5 Å². The highest BCUT2D eigenvalue weighted by molar-refractivity contribution is 8.18. The second-order valence-corrected chi connectivity index (χ2v) is 9.79. The molecule has 2 aromatic carbocycles. The number of carbonyl (C=O) groups is 1. The first-order chi connectivity index (χ1) is 16.7. The van der Waals surface area contributed by atoms with Gasteiger partial charge in [-0.1, -0.05) is 18.2 Å². The van der Waals surface area contributed by atoms with E-state index in [1.54, 1.807) is 10.7 Å². The molecule has 0 bridgehead atoms. The molecule has 7 nitrogen and oxygen atoms in total. The molecule has 3 heterocycles. The van der Waals surface area contributed by atoms with Crippen LogP contribution in [0.25, 0.3) is 17.0 Å². The van der Waals surface area contributed by atoms with E-state index in [4.69, 9.17) is 0 Å². The number of fused-ring (bicyclic) bond motifs is 1. The molecule has 1 amide bonds. The number of rotatable bonds is 3. The number of hydrogen-bond acceptors (Lipinski definition) is 5. The molecule has 0 spiro atoms. The lowest BCUT2D eigenvalue weighted by molar-refractivity contribution is -0.115. The van der Waals surface area contributed by atoms with Crippen LogP contribution in [0.5, 0.6) is 0 Å². The number of para-hydroxylation sites is 1. The van der Waals surface area contributed by atoms with E-state index in [1.807, 2.05) is 81.8 Å². The Bertz CT molecular complexity index is 1620. The first-order valence-electron chi connectivity index (χ1n) is 11.3. The lowest BCUT2D eigenvalue weighted by atomic mass is 10.1. The quantitative estimate of drug-likeness (QED) is 0.419. The van der Waals surface area contributed by atoms with Crippen molar-refractivity contribution in [2.45, 2.75) is 34.6 Å². The molecule has 8 heteroatoms. The van der Waals surface area contributed by atoms with Crippen molar-refractivity contribution in [2.24, 2.45) is 4.99 Å². The predicted molar refractivity (Wildman–Crippen MR) is 142 cm³/mol. The summed E-state index contributed by atoms with van der Waals surface area (Å²) in [5.74, 6) is 0.397. The first kappa shape index (κ1) is 22.9. The maximum atomic E-state index is 13.3. The molecule has 1 aliphatic rings. The molecule has 1 saturated heterocycles. The Labute approximate surface area is 207 Å². The van der Waals surface area contributed by atoms with Crippen molar-refractivity contribution in [3.63, 3.8) is 0 Å². The minimum absolute atomic E-state index is 0.134. The first-order valence-corrected chi connectivity index (χ1v) is 12.1. The minimum Gasteiger partial charge on any atom is -0.300 e. The topological polar surface area (TPSA) is 81.3 Å². The van der Waals surface area contributed by atoms with Crippen LogP contribution in [-0.2, 0) is 4.79 Å². The second-order valence-electron chi connectivity index (χ2n) is 8.76. The zero-order valence-electron chi connectivity index (χ0n) is 20.2. The van der Waals surface area contributed by atoms with Gasteiger partial charge in [0, 0.05) is 11.4 Å². The van der Waals surface area contributed by atoms with Crippen molar-refractivity contribution in [3.05, 3.63) is 97.7 Å². The van der Waals surface area contributed by atoms with E-state index in [1.165, 1.54) is 11.8 Å². The number of benzene rings is 2. The van der Waals surface area contributed by atoms with Crippen LogP contribution in [0.15, 0.2) is 63.2 Å². The Morgan fingerprint density at radius 2 is 1.66 bits per heavy atom.